The lowest BCUT2D eigenvalue weighted by atomic mass is 9.79. The molecule has 3 aromatic rings. The summed E-state index contributed by atoms with van der Waals surface area (Å²) in [6, 6.07) is 20.4. The fourth-order valence-electron chi connectivity index (χ4n) is 5.08. The van der Waals surface area contributed by atoms with Crippen molar-refractivity contribution in [1.29, 1.82) is 5.26 Å². The molecule has 0 fully saturated rings. The number of ether oxygens (including phenoxy) is 3. The van der Waals surface area contributed by atoms with Crippen LogP contribution in [0.4, 0.5) is 0 Å². The highest BCUT2D eigenvalue weighted by Gasteiger charge is 2.43. The lowest BCUT2D eigenvalue weighted by molar-refractivity contribution is -0.136. The quantitative estimate of drug-likeness (QED) is 0.338. The van der Waals surface area contributed by atoms with Crippen molar-refractivity contribution in [2.75, 3.05) is 13.7 Å². The number of esters is 1. The lowest BCUT2D eigenvalue weighted by Gasteiger charge is -2.30. The second-order valence-corrected chi connectivity index (χ2v) is 9.92. The van der Waals surface area contributed by atoms with Gasteiger partial charge in [-0.05, 0) is 37.6 Å². The number of hydrogen-bond donors (Lipinski definition) is 1. The zero-order valence-electron chi connectivity index (χ0n) is 21.6. The second-order valence-electron chi connectivity index (χ2n) is 9.06. The van der Waals surface area contributed by atoms with Gasteiger partial charge < -0.3 is 19.5 Å². The molecule has 3 aromatic carbocycles. The lowest BCUT2D eigenvalue weighted by Crippen LogP contribution is -2.29. The summed E-state index contributed by atoms with van der Waals surface area (Å²) in [5.41, 5.74) is 5.42. The molecule has 0 unspecified atom stereocenters. The van der Waals surface area contributed by atoms with Gasteiger partial charge in [0.05, 0.1) is 42.5 Å². The van der Waals surface area contributed by atoms with Gasteiger partial charge in [-0.15, -0.1) is 0 Å². The Balaban J connectivity index is 1.62. The van der Waals surface area contributed by atoms with Crippen molar-refractivity contribution in [2.24, 2.45) is 0 Å². The number of dihydropyridines is 1. The van der Waals surface area contributed by atoms with E-state index in [1.807, 2.05) is 37.3 Å². The molecule has 0 aromatic heterocycles. The number of nitrogens with one attached hydrogen (secondary N) is 1. The zero-order valence-corrected chi connectivity index (χ0v) is 23.2. The maximum atomic E-state index is 13.7. The third kappa shape index (κ3) is 4.59. The first-order valence-electron chi connectivity index (χ1n) is 12.4. The number of allylic oxidation sites excluding steroid dienone is 2. The van der Waals surface area contributed by atoms with Crippen molar-refractivity contribution in [2.45, 2.75) is 26.4 Å². The molecule has 0 spiro atoms. The largest absolute Gasteiger partial charge is 0.490 e. The number of halogens is 1. The molecule has 0 saturated heterocycles. The minimum Gasteiger partial charge on any atom is -0.490 e. The van der Waals surface area contributed by atoms with Crippen molar-refractivity contribution in [3.63, 3.8) is 0 Å². The number of Topliss-reactive ketones (excluding diaryl/α,β-unsaturated/α-hetero) is 1. The van der Waals surface area contributed by atoms with Crippen molar-refractivity contribution < 1.29 is 23.8 Å². The number of carbonyl (C=O) groups is 2. The van der Waals surface area contributed by atoms with Crippen LogP contribution in [0.25, 0.3) is 5.70 Å². The summed E-state index contributed by atoms with van der Waals surface area (Å²) in [4.78, 5) is 26.8. The van der Waals surface area contributed by atoms with Gasteiger partial charge in [-0.2, -0.15) is 5.26 Å². The molecule has 5 rings (SSSR count). The highest BCUT2D eigenvalue weighted by Crippen LogP contribution is 2.50. The maximum absolute atomic E-state index is 13.7. The van der Waals surface area contributed by atoms with Crippen LogP contribution in [0.5, 0.6) is 11.5 Å². The topological polar surface area (TPSA) is 97.7 Å². The Hall–Kier alpha value is -4.35. The number of nitriles is 1. The summed E-state index contributed by atoms with van der Waals surface area (Å²) in [7, 11) is 1.32. The van der Waals surface area contributed by atoms with Gasteiger partial charge in [-0.1, -0.05) is 58.4 Å². The summed E-state index contributed by atoms with van der Waals surface area (Å²) in [5, 5.41) is 12.7. The molecule has 2 aliphatic rings. The van der Waals surface area contributed by atoms with Crippen LogP contribution in [0, 0.1) is 11.3 Å². The van der Waals surface area contributed by atoms with Gasteiger partial charge in [0.25, 0.3) is 0 Å². The molecule has 0 radical (unpaired) electrons. The number of methoxy groups -OCH3 is 1. The van der Waals surface area contributed by atoms with Gasteiger partial charge >= 0.3 is 5.97 Å². The molecule has 8 heteroatoms. The van der Waals surface area contributed by atoms with E-state index in [0.717, 1.165) is 11.1 Å². The summed E-state index contributed by atoms with van der Waals surface area (Å²) < 4.78 is 17.9. The van der Waals surface area contributed by atoms with Crippen molar-refractivity contribution in [1.82, 2.24) is 5.32 Å². The number of benzene rings is 3. The van der Waals surface area contributed by atoms with Crippen molar-refractivity contribution >= 4 is 33.4 Å². The minimum atomic E-state index is -0.712. The van der Waals surface area contributed by atoms with Gasteiger partial charge in [0.2, 0.25) is 0 Å². The average Bonchev–Trinajstić information content (AvgIpc) is 3.23. The summed E-state index contributed by atoms with van der Waals surface area (Å²) in [6.45, 7) is 4.20. The Bertz CT molecular complexity index is 1620. The molecule has 1 aliphatic carbocycles. The van der Waals surface area contributed by atoms with E-state index in [1.54, 1.807) is 37.3 Å². The van der Waals surface area contributed by atoms with E-state index in [0.29, 0.717) is 61.8 Å². The van der Waals surface area contributed by atoms with Crippen LogP contribution >= 0.6 is 15.9 Å². The van der Waals surface area contributed by atoms with Gasteiger partial charge in [0, 0.05) is 32.4 Å². The zero-order chi connectivity index (χ0) is 27.7. The van der Waals surface area contributed by atoms with Gasteiger partial charge in [-0.25, -0.2) is 4.79 Å². The fourth-order valence-corrected chi connectivity index (χ4v) is 5.64. The Morgan fingerprint density at radius 3 is 2.46 bits per heavy atom. The standard InChI is InChI=1S/C31H25BrN2O5/c1-4-38-24-13-22(23(32)14-25(24)39-16-19-10-6-5-9-18(19)15-33)27-26(31(36)37-3)17(2)34-29-20-11-7-8-12-21(20)30(35)28(27)29/h5-14,27,34H,4,16H2,1-3H3/t27-/m1/s1. The van der Waals surface area contributed by atoms with Crippen LogP contribution in [-0.4, -0.2) is 25.5 Å². The number of carbonyl (C=O) groups excluding carboxylic acids is 2. The van der Waals surface area contributed by atoms with Crippen LogP contribution in [0.15, 0.2) is 82.0 Å². The summed E-state index contributed by atoms with van der Waals surface area (Å²) in [6.07, 6.45) is 0. The van der Waals surface area contributed by atoms with E-state index < -0.39 is 11.9 Å². The second kappa shape index (κ2) is 10.8. The SMILES string of the molecule is CCOc1cc([C@@H]2C(C(=O)OC)=C(C)NC3=C2C(=O)c2ccccc23)c(Br)cc1OCc1ccccc1C#N. The molecule has 0 bridgehead atoms. The highest BCUT2D eigenvalue weighted by molar-refractivity contribution is 9.10. The van der Waals surface area contributed by atoms with E-state index in [-0.39, 0.29) is 12.4 Å². The first-order valence-corrected chi connectivity index (χ1v) is 13.2. The van der Waals surface area contributed by atoms with Crippen molar-refractivity contribution in [3.8, 4) is 17.6 Å². The normalized spacial score (nSPS) is 15.8. The Morgan fingerprint density at radius 1 is 1.05 bits per heavy atom. The molecule has 0 saturated carbocycles. The van der Waals surface area contributed by atoms with E-state index in [4.69, 9.17) is 14.2 Å². The van der Waals surface area contributed by atoms with Crippen LogP contribution in [0.3, 0.4) is 0 Å². The monoisotopic (exact) mass is 584 g/mol. The predicted molar refractivity (Wildman–Crippen MR) is 149 cm³/mol. The number of rotatable bonds is 7. The first-order chi connectivity index (χ1) is 18.9. The van der Waals surface area contributed by atoms with Crippen LogP contribution in [0.1, 0.15) is 52.4 Å². The first kappa shape index (κ1) is 26.3. The number of hydrogen-bond acceptors (Lipinski definition) is 7. The number of fused-ring (bicyclic) bond motifs is 2. The minimum absolute atomic E-state index is 0.148. The van der Waals surface area contributed by atoms with Crippen LogP contribution < -0.4 is 14.8 Å². The van der Waals surface area contributed by atoms with E-state index in [9.17, 15) is 14.9 Å². The maximum Gasteiger partial charge on any atom is 0.336 e. The Morgan fingerprint density at radius 2 is 1.74 bits per heavy atom. The Labute approximate surface area is 234 Å². The third-order valence-electron chi connectivity index (χ3n) is 6.85. The summed E-state index contributed by atoms with van der Waals surface area (Å²) in [5.74, 6) is -0.472. The van der Waals surface area contributed by atoms with Crippen molar-refractivity contribution in [3.05, 3.63) is 110 Å². The molecule has 1 atom stereocenters. The molecular formula is C31H25BrN2O5. The molecule has 1 N–H and O–H groups in total. The molecule has 7 nitrogen and oxygen atoms in total. The van der Waals surface area contributed by atoms with E-state index in [1.165, 1.54) is 7.11 Å². The molecule has 196 valence electrons. The van der Waals surface area contributed by atoms with Gasteiger partial charge in [0.15, 0.2) is 17.3 Å². The Kier molecular flexibility index (Phi) is 7.27. The van der Waals surface area contributed by atoms with Crippen LogP contribution in [-0.2, 0) is 16.1 Å². The molecular weight excluding hydrogens is 560 g/mol. The molecule has 0 amide bonds. The smallest absolute Gasteiger partial charge is 0.336 e. The highest BCUT2D eigenvalue weighted by atomic mass is 79.9. The van der Waals surface area contributed by atoms with Gasteiger partial charge in [-0.3, -0.25) is 4.79 Å². The third-order valence-corrected chi connectivity index (χ3v) is 7.54. The van der Waals surface area contributed by atoms with Crippen LogP contribution in [0.2, 0.25) is 0 Å². The number of ketones is 1. The van der Waals surface area contributed by atoms with E-state index >= 15 is 0 Å². The number of nitrogens with zero attached hydrogens (tertiary/aromatic N) is 1. The molecule has 1 heterocycles. The van der Waals surface area contributed by atoms with Gasteiger partial charge in [0.1, 0.15) is 6.61 Å². The summed E-state index contributed by atoms with van der Waals surface area (Å²) >= 11 is 3.68. The fraction of sp³-hybridized carbons (Fsp3) is 0.194. The van der Waals surface area contributed by atoms with E-state index in [2.05, 4.69) is 27.3 Å². The average molecular weight is 585 g/mol. The predicted octanol–water partition coefficient (Wildman–Crippen LogP) is 6.04. The molecule has 39 heavy (non-hydrogen) atoms. The molecule has 1 aliphatic heterocycles.